The van der Waals surface area contributed by atoms with Crippen molar-refractivity contribution in [2.75, 3.05) is 6.54 Å². The molecule has 4 heteroatoms. The predicted molar refractivity (Wildman–Crippen MR) is 72.9 cm³/mol. The molecule has 0 saturated heterocycles. The van der Waals surface area contributed by atoms with Crippen LogP contribution in [0, 0.1) is 0 Å². The number of ketones is 1. The van der Waals surface area contributed by atoms with Gasteiger partial charge in [-0.1, -0.05) is 30.1 Å². The van der Waals surface area contributed by atoms with Gasteiger partial charge in [-0.25, -0.2) is 0 Å². The number of Topliss-reactive ketones (excluding diaryl/α,β-unsaturated/α-hetero) is 1. The van der Waals surface area contributed by atoms with Crippen molar-refractivity contribution in [2.24, 2.45) is 0 Å². The number of hydrogen-bond acceptors (Lipinski definition) is 2. The fourth-order valence-electron chi connectivity index (χ4n) is 1.61. The number of benzene rings is 1. The Bertz CT molecular complexity index is 416. The highest BCUT2D eigenvalue weighted by Crippen LogP contribution is 2.22. The average Bonchev–Trinajstić information content (AvgIpc) is 2.23. The molecule has 2 nitrogen and oxygen atoms in total. The Morgan fingerprint density at radius 2 is 2.00 bits per heavy atom. The van der Waals surface area contributed by atoms with Gasteiger partial charge in [-0.2, -0.15) is 0 Å². The summed E-state index contributed by atoms with van der Waals surface area (Å²) < 4.78 is 0. The second kappa shape index (κ2) is 5.85. The normalized spacial score (nSPS) is 11.6. The molecular formula is C13H17Cl2NO. The van der Waals surface area contributed by atoms with Crippen molar-refractivity contribution < 1.29 is 4.79 Å². The first-order chi connectivity index (χ1) is 7.86. The molecule has 0 aliphatic rings. The lowest BCUT2D eigenvalue weighted by molar-refractivity contribution is -0.123. The smallest absolute Gasteiger partial charge is 0.156 e. The number of carbonyl (C=O) groups is 1. The van der Waals surface area contributed by atoms with Gasteiger partial charge in [-0.3, -0.25) is 4.79 Å². The molecule has 17 heavy (non-hydrogen) atoms. The number of nitrogens with one attached hydrogen (secondary N) is 1. The van der Waals surface area contributed by atoms with Gasteiger partial charge in [-0.15, -0.1) is 0 Å². The van der Waals surface area contributed by atoms with E-state index >= 15 is 0 Å². The van der Waals surface area contributed by atoms with E-state index in [1.165, 1.54) is 0 Å². The first-order valence-electron chi connectivity index (χ1n) is 5.59. The summed E-state index contributed by atoms with van der Waals surface area (Å²) in [6.07, 6.45) is 0.291. The summed E-state index contributed by atoms with van der Waals surface area (Å²) in [7, 11) is 0. The van der Waals surface area contributed by atoms with Gasteiger partial charge in [0.1, 0.15) is 0 Å². The predicted octanol–water partition coefficient (Wildman–Crippen LogP) is 3.49. The molecule has 0 radical (unpaired) electrons. The minimum absolute atomic E-state index is 0.100. The van der Waals surface area contributed by atoms with Gasteiger partial charge in [0, 0.05) is 16.5 Å². The van der Waals surface area contributed by atoms with Crippen molar-refractivity contribution in [3.63, 3.8) is 0 Å². The SMILES string of the molecule is CCNC(C)(C)C(=O)Cc1cc(Cl)ccc1Cl. The van der Waals surface area contributed by atoms with Gasteiger partial charge >= 0.3 is 0 Å². The van der Waals surface area contributed by atoms with Crippen LogP contribution in [0.3, 0.4) is 0 Å². The number of carbonyl (C=O) groups excluding carboxylic acids is 1. The van der Waals surface area contributed by atoms with Crippen molar-refractivity contribution in [3.8, 4) is 0 Å². The van der Waals surface area contributed by atoms with Crippen LogP contribution in [0.15, 0.2) is 18.2 Å². The lowest BCUT2D eigenvalue weighted by Gasteiger charge is -2.24. The Kier molecular flexibility index (Phi) is 4.99. The van der Waals surface area contributed by atoms with Gasteiger partial charge < -0.3 is 5.32 Å². The second-order valence-corrected chi connectivity index (χ2v) is 5.33. The van der Waals surface area contributed by atoms with E-state index in [1.54, 1.807) is 18.2 Å². The molecule has 0 unspecified atom stereocenters. The third kappa shape index (κ3) is 3.98. The van der Waals surface area contributed by atoms with Crippen LogP contribution in [0.1, 0.15) is 26.3 Å². The minimum atomic E-state index is -0.541. The molecule has 0 bridgehead atoms. The summed E-state index contributed by atoms with van der Waals surface area (Å²) in [5.74, 6) is 0.100. The summed E-state index contributed by atoms with van der Waals surface area (Å²) in [6, 6.07) is 5.17. The quantitative estimate of drug-likeness (QED) is 0.890. The first-order valence-corrected chi connectivity index (χ1v) is 6.34. The molecule has 0 fully saturated rings. The lowest BCUT2D eigenvalue weighted by Crippen LogP contribution is -2.47. The van der Waals surface area contributed by atoms with E-state index in [0.29, 0.717) is 16.5 Å². The van der Waals surface area contributed by atoms with Crippen LogP contribution in [0.2, 0.25) is 10.0 Å². The first kappa shape index (κ1) is 14.5. The second-order valence-electron chi connectivity index (χ2n) is 4.49. The summed E-state index contributed by atoms with van der Waals surface area (Å²) >= 11 is 11.9. The summed E-state index contributed by atoms with van der Waals surface area (Å²) in [5.41, 5.74) is 0.232. The zero-order valence-corrected chi connectivity index (χ0v) is 11.8. The zero-order valence-electron chi connectivity index (χ0n) is 10.3. The number of rotatable bonds is 5. The molecule has 1 rings (SSSR count). The fourth-order valence-corrected chi connectivity index (χ4v) is 1.99. The third-order valence-corrected chi connectivity index (χ3v) is 3.28. The van der Waals surface area contributed by atoms with Gasteiger partial charge in [-0.05, 0) is 44.2 Å². The molecule has 94 valence electrons. The Hall–Kier alpha value is -0.570. The van der Waals surface area contributed by atoms with Crippen LogP contribution in [0.4, 0.5) is 0 Å². The highest BCUT2D eigenvalue weighted by molar-refractivity contribution is 6.33. The molecule has 0 atom stereocenters. The minimum Gasteiger partial charge on any atom is -0.306 e. The van der Waals surface area contributed by atoms with Crippen LogP contribution in [-0.4, -0.2) is 17.9 Å². The van der Waals surface area contributed by atoms with Crippen molar-refractivity contribution in [3.05, 3.63) is 33.8 Å². The molecule has 1 N–H and O–H groups in total. The Labute approximate surface area is 112 Å². The van der Waals surface area contributed by atoms with Crippen LogP contribution in [0.25, 0.3) is 0 Å². The third-order valence-electron chi connectivity index (χ3n) is 2.67. The van der Waals surface area contributed by atoms with E-state index in [-0.39, 0.29) is 5.78 Å². The topological polar surface area (TPSA) is 29.1 Å². The maximum absolute atomic E-state index is 12.1. The summed E-state index contributed by atoms with van der Waals surface area (Å²) in [5, 5.41) is 4.32. The van der Waals surface area contributed by atoms with Crippen molar-refractivity contribution in [1.29, 1.82) is 0 Å². The summed E-state index contributed by atoms with van der Waals surface area (Å²) in [6.45, 7) is 6.47. The molecule has 0 heterocycles. The Morgan fingerprint density at radius 3 is 2.59 bits per heavy atom. The molecule has 0 spiro atoms. The monoisotopic (exact) mass is 273 g/mol. The van der Waals surface area contributed by atoms with Crippen LogP contribution >= 0.6 is 23.2 Å². The van der Waals surface area contributed by atoms with Crippen LogP contribution < -0.4 is 5.32 Å². The van der Waals surface area contributed by atoms with Gasteiger partial charge in [0.2, 0.25) is 0 Å². The number of hydrogen-bond donors (Lipinski definition) is 1. The van der Waals surface area contributed by atoms with Gasteiger partial charge in [0.15, 0.2) is 5.78 Å². The highest BCUT2D eigenvalue weighted by Gasteiger charge is 2.26. The molecule has 0 aliphatic carbocycles. The van der Waals surface area contributed by atoms with E-state index in [9.17, 15) is 4.79 Å². The molecular weight excluding hydrogens is 257 g/mol. The lowest BCUT2D eigenvalue weighted by atomic mass is 9.93. The van der Waals surface area contributed by atoms with E-state index in [1.807, 2.05) is 20.8 Å². The van der Waals surface area contributed by atoms with E-state index < -0.39 is 5.54 Å². The zero-order chi connectivity index (χ0) is 13.1. The fraction of sp³-hybridized carbons (Fsp3) is 0.462. The van der Waals surface area contributed by atoms with Crippen molar-refractivity contribution in [1.82, 2.24) is 5.32 Å². The summed E-state index contributed by atoms with van der Waals surface area (Å²) in [4.78, 5) is 12.1. The van der Waals surface area contributed by atoms with E-state index in [2.05, 4.69) is 5.32 Å². The van der Waals surface area contributed by atoms with Crippen molar-refractivity contribution in [2.45, 2.75) is 32.7 Å². The maximum Gasteiger partial charge on any atom is 0.156 e. The molecule has 0 aromatic heterocycles. The number of halogens is 2. The standard InChI is InChI=1S/C13H17Cl2NO/c1-4-16-13(2,3)12(17)8-9-7-10(14)5-6-11(9)15/h5-7,16H,4,8H2,1-3H3. The Morgan fingerprint density at radius 1 is 1.35 bits per heavy atom. The van der Waals surface area contributed by atoms with E-state index in [0.717, 1.165) is 12.1 Å². The Balaban J connectivity index is 2.84. The highest BCUT2D eigenvalue weighted by atomic mass is 35.5. The van der Waals surface area contributed by atoms with Gasteiger partial charge in [0.05, 0.1) is 5.54 Å². The molecule has 0 amide bonds. The average molecular weight is 274 g/mol. The maximum atomic E-state index is 12.1. The van der Waals surface area contributed by atoms with Crippen LogP contribution in [-0.2, 0) is 11.2 Å². The van der Waals surface area contributed by atoms with E-state index in [4.69, 9.17) is 23.2 Å². The largest absolute Gasteiger partial charge is 0.306 e. The number of likely N-dealkylation sites (N-methyl/N-ethyl adjacent to an activating group) is 1. The van der Waals surface area contributed by atoms with Gasteiger partial charge in [0.25, 0.3) is 0 Å². The van der Waals surface area contributed by atoms with Crippen LogP contribution in [0.5, 0.6) is 0 Å². The molecule has 0 aliphatic heterocycles. The molecule has 0 saturated carbocycles. The van der Waals surface area contributed by atoms with Crippen molar-refractivity contribution >= 4 is 29.0 Å². The molecule has 1 aromatic rings. The molecule has 1 aromatic carbocycles.